The van der Waals surface area contributed by atoms with Crippen LogP contribution in [0.25, 0.3) is 0 Å². The molecule has 1 atom stereocenters. The summed E-state index contributed by atoms with van der Waals surface area (Å²) < 4.78 is 12.6. The van der Waals surface area contributed by atoms with Crippen molar-refractivity contribution in [1.82, 2.24) is 0 Å². The fourth-order valence-electron chi connectivity index (χ4n) is 2.49. The summed E-state index contributed by atoms with van der Waals surface area (Å²) in [6, 6.07) is 6.24. The second-order valence-corrected chi connectivity index (χ2v) is 6.55. The standard InChI is InChI=1S/C16H24BrNO2/c1-12(2)15-10-13(17)5-6-16(15)20-9-7-18-11-14-4-3-8-19-14/h5-6,10,12,14,18H,3-4,7-9,11H2,1-2H3/p+1/t14-/m1/s1. The minimum absolute atomic E-state index is 0.453. The summed E-state index contributed by atoms with van der Waals surface area (Å²) in [6.07, 6.45) is 2.88. The van der Waals surface area contributed by atoms with Gasteiger partial charge >= 0.3 is 0 Å². The highest BCUT2D eigenvalue weighted by molar-refractivity contribution is 9.10. The van der Waals surface area contributed by atoms with Gasteiger partial charge in [0.05, 0.1) is 0 Å². The molecule has 112 valence electrons. The summed E-state index contributed by atoms with van der Waals surface area (Å²) in [7, 11) is 0. The van der Waals surface area contributed by atoms with Gasteiger partial charge in [0, 0.05) is 11.1 Å². The smallest absolute Gasteiger partial charge is 0.137 e. The van der Waals surface area contributed by atoms with Crippen LogP contribution in [-0.4, -0.2) is 32.4 Å². The Balaban J connectivity index is 1.73. The Morgan fingerprint density at radius 1 is 1.45 bits per heavy atom. The van der Waals surface area contributed by atoms with Crippen molar-refractivity contribution in [3.63, 3.8) is 0 Å². The Bertz CT molecular complexity index is 417. The fourth-order valence-corrected chi connectivity index (χ4v) is 2.87. The molecule has 1 aliphatic rings. The van der Waals surface area contributed by atoms with Crippen LogP contribution >= 0.6 is 15.9 Å². The van der Waals surface area contributed by atoms with Gasteiger partial charge in [-0.1, -0.05) is 29.8 Å². The van der Waals surface area contributed by atoms with Gasteiger partial charge < -0.3 is 14.8 Å². The zero-order valence-electron chi connectivity index (χ0n) is 12.4. The fraction of sp³-hybridized carbons (Fsp3) is 0.625. The van der Waals surface area contributed by atoms with Gasteiger partial charge in [-0.05, 0) is 42.5 Å². The maximum atomic E-state index is 5.93. The van der Waals surface area contributed by atoms with Crippen LogP contribution in [0.4, 0.5) is 0 Å². The van der Waals surface area contributed by atoms with E-state index in [-0.39, 0.29) is 0 Å². The lowest BCUT2D eigenvalue weighted by atomic mass is 10.0. The predicted molar refractivity (Wildman–Crippen MR) is 84.4 cm³/mol. The van der Waals surface area contributed by atoms with Crippen molar-refractivity contribution in [3.8, 4) is 5.75 Å². The number of benzene rings is 1. The van der Waals surface area contributed by atoms with E-state index in [0.29, 0.717) is 12.0 Å². The van der Waals surface area contributed by atoms with Gasteiger partial charge in [-0.2, -0.15) is 0 Å². The molecule has 2 N–H and O–H groups in total. The summed E-state index contributed by atoms with van der Waals surface area (Å²) in [4.78, 5) is 0. The van der Waals surface area contributed by atoms with Gasteiger partial charge in [0.1, 0.15) is 31.5 Å². The number of quaternary nitrogens is 1. The van der Waals surface area contributed by atoms with E-state index in [2.05, 4.69) is 47.2 Å². The molecule has 0 spiro atoms. The zero-order valence-corrected chi connectivity index (χ0v) is 14.0. The first kappa shape index (κ1) is 15.8. The van der Waals surface area contributed by atoms with Crippen LogP contribution in [-0.2, 0) is 4.74 Å². The molecule has 1 aromatic rings. The van der Waals surface area contributed by atoms with Crippen LogP contribution in [0.15, 0.2) is 22.7 Å². The Labute approximate surface area is 130 Å². The molecule has 0 amide bonds. The third-order valence-electron chi connectivity index (χ3n) is 3.63. The molecular formula is C16H25BrNO2+. The summed E-state index contributed by atoms with van der Waals surface area (Å²) in [6.45, 7) is 8.10. The first-order valence-corrected chi connectivity index (χ1v) is 8.31. The first-order valence-electron chi connectivity index (χ1n) is 7.52. The van der Waals surface area contributed by atoms with Crippen LogP contribution in [0.1, 0.15) is 38.2 Å². The van der Waals surface area contributed by atoms with E-state index in [4.69, 9.17) is 9.47 Å². The van der Waals surface area contributed by atoms with Crippen molar-refractivity contribution in [2.45, 2.75) is 38.7 Å². The molecule has 0 saturated carbocycles. The Hall–Kier alpha value is -0.580. The summed E-state index contributed by atoms with van der Waals surface area (Å²) in [5, 5.41) is 2.30. The highest BCUT2D eigenvalue weighted by atomic mass is 79.9. The highest BCUT2D eigenvalue weighted by Crippen LogP contribution is 2.29. The SMILES string of the molecule is CC(C)c1cc(Br)ccc1OCC[NH2+]C[C@H]1CCCO1. The van der Waals surface area contributed by atoms with Crippen LogP contribution in [0.3, 0.4) is 0 Å². The number of hydrogen-bond acceptors (Lipinski definition) is 2. The zero-order chi connectivity index (χ0) is 14.4. The molecule has 1 fully saturated rings. The molecule has 0 aromatic heterocycles. The molecule has 1 aromatic carbocycles. The second-order valence-electron chi connectivity index (χ2n) is 5.63. The van der Waals surface area contributed by atoms with Gasteiger partial charge in [0.2, 0.25) is 0 Å². The lowest BCUT2D eigenvalue weighted by molar-refractivity contribution is -0.661. The van der Waals surface area contributed by atoms with E-state index in [1.807, 2.05) is 6.07 Å². The molecule has 2 rings (SSSR count). The third-order valence-corrected chi connectivity index (χ3v) is 4.12. The average molecular weight is 343 g/mol. The quantitative estimate of drug-likeness (QED) is 0.773. The minimum atomic E-state index is 0.453. The van der Waals surface area contributed by atoms with Crippen LogP contribution in [0.5, 0.6) is 5.75 Å². The molecule has 3 nitrogen and oxygen atoms in total. The monoisotopic (exact) mass is 342 g/mol. The Kier molecular flexibility index (Phi) is 6.33. The molecule has 20 heavy (non-hydrogen) atoms. The van der Waals surface area contributed by atoms with Gasteiger partial charge in [0.15, 0.2) is 0 Å². The van der Waals surface area contributed by atoms with Gasteiger partial charge in [0.25, 0.3) is 0 Å². The number of nitrogens with two attached hydrogens (primary N) is 1. The molecule has 1 aliphatic heterocycles. The molecule has 0 bridgehead atoms. The van der Waals surface area contributed by atoms with E-state index >= 15 is 0 Å². The van der Waals surface area contributed by atoms with Crippen molar-refractivity contribution < 1.29 is 14.8 Å². The van der Waals surface area contributed by atoms with Crippen LogP contribution in [0.2, 0.25) is 0 Å². The second kappa shape index (κ2) is 8.01. The van der Waals surface area contributed by atoms with E-state index < -0.39 is 0 Å². The molecule has 1 saturated heterocycles. The Morgan fingerprint density at radius 2 is 2.30 bits per heavy atom. The molecule has 4 heteroatoms. The number of ether oxygens (including phenoxy) is 2. The van der Waals surface area contributed by atoms with E-state index in [1.54, 1.807) is 0 Å². The van der Waals surface area contributed by atoms with Crippen molar-refractivity contribution in [3.05, 3.63) is 28.2 Å². The van der Waals surface area contributed by atoms with Crippen LogP contribution < -0.4 is 10.1 Å². The van der Waals surface area contributed by atoms with E-state index in [9.17, 15) is 0 Å². The van der Waals surface area contributed by atoms with Crippen LogP contribution in [0, 0.1) is 0 Å². The lowest BCUT2D eigenvalue weighted by Gasteiger charge is -2.14. The van der Waals surface area contributed by atoms with E-state index in [0.717, 1.165) is 36.5 Å². The predicted octanol–water partition coefficient (Wildman–Crippen LogP) is 2.69. The summed E-state index contributed by atoms with van der Waals surface area (Å²) in [5.74, 6) is 1.48. The summed E-state index contributed by atoms with van der Waals surface area (Å²) >= 11 is 3.52. The topological polar surface area (TPSA) is 35.1 Å². The van der Waals surface area contributed by atoms with Gasteiger partial charge in [-0.25, -0.2) is 0 Å². The number of halogens is 1. The molecule has 0 aliphatic carbocycles. The third kappa shape index (κ3) is 4.76. The molecule has 0 unspecified atom stereocenters. The van der Waals surface area contributed by atoms with Gasteiger partial charge in [-0.15, -0.1) is 0 Å². The number of hydrogen-bond donors (Lipinski definition) is 1. The van der Waals surface area contributed by atoms with Gasteiger partial charge in [-0.3, -0.25) is 0 Å². The number of rotatable bonds is 7. The molecular weight excluding hydrogens is 318 g/mol. The van der Waals surface area contributed by atoms with Crippen molar-refractivity contribution in [1.29, 1.82) is 0 Å². The average Bonchev–Trinajstić information content (AvgIpc) is 2.92. The largest absolute Gasteiger partial charge is 0.487 e. The van der Waals surface area contributed by atoms with Crippen molar-refractivity contribution in [2.75, 3.05) is 26.3 Å². The first-order chi connectivity index (χ1) is 9.66. The van der Waals surface area contributed by atoms with Crippen molar-refractivity contribution >= 4 is 15.9 Å². The normalized spacial score (nSPS) is 18.7. The maximum absolute atomic E-state index is 5.93. The lowest BCUT2D eigenvalue weighted by Crippen LogP contribution is -2.87. The molecule has 1 heterocycles. The minimum Gasteiger partial charge on any atom is -0.487 e. The highest BCUT2D eigenvalue weighted by Gasteiger charge is 2.16. The Morgan fingerprint density at radius 3 is 3.00 bits per heavy atom. The summed E-state index contributed by atoms with van der Waals surface area (Å²) in [5.41, 5.74) is 1.26. The molecule has 0 radical (unpaired) electrons. The maximum Gasteiger partial charge on any atom is 0.137 e. The van der Waals surface area contributed by atoms with Crippen molar-refractivity contribution in [2.24, 2.45) is 0 Å². The van der Waals surface area contributed by atoms with E-state index in [1.165, 1.54) is 18.4 Å².